The molecule has 2 rings (SSSR count). The lowest BCUT2D eigenvalue weighted by Crippen LogP contribution is -2.55. The van der Waals surface area contributed by atoms with E-state index in [2.05, 4.69) is 5.32 Å². The average molecular weight is 269 g/mol. The van der Waals surface area contributed by atoms with E-state index in [1.54, 1.807) is 0 Å². The molecule has 0 radical (unpaired) electrons. The van der Waals surface area contributed by atoms with Crippen molar-refractivity contribution in [2.75, 3.05) is 24.5 Å². The lowest BCUT2D eigenvalue weighted by molar-refractivity contribution is -0.386. The molecule has 1 aliphatic heterocycles. The van der Waals surface area contributed by atoms with Gasteiger partial charge in [-0.3, -0.25) is 10.1 Å². The van der Waals surface area contributed by atoms with E-state index in [1.807, 2.05) is 0 Å². The Balaban J connectivity index is 2.47. The normalized spacial score (nSPS) is 19.2. The summed E-state index contributed by atoms with van der Waals surface area (Å²) in [5, 5.41) is 23.0. The summed E-state index contributed by atoms with van der Waals surface area (Å²) in [5.41, 5.74) is -0.686. The topological polar surface area (TPSA) is 95.7 Å². The van der Waals surface area contributed by atoms with Gasteiger partial charge in [0, 0.05) is 19.6 Å². The van der Waals surface area contributed by atoms with E-state index in [4.69, 9.17) is 5.11 Å². The van der Waals surface area contributed by atoms with Gasteiger partial charge in [0.15, 0.2) is 0 Å². The number of hydrogen-bond acceptors (Lipinski definition) is 5. The highest BCUT2D eigenvalue weighted by Gasteiger charge is 2.33. The number of nitro groups is 1. The van der Waals surface area contributed by atoms with Crippen LogP contribution in [0.5, 0.6) is 0 Å². The van der Waals surface area contributed by atoms with Crippen molar-refractivity contribution < 1.29 is 19.2 Å². The van der Waals surface area contributed by atoms with Crippen molar-refractivity contribution >= 4 is 17.3 Å². The van der Waals surface area contributed by atoms with Gasteiger partial charge in [0.1, 0.15) is 11.7 Å². The molecule has 1 heterocycles. The van der Waals surface area contributed by atoms with Crippen LogP contribution in [0.4, 0.5) is 15.8 Å². The smallest absolute Gasteiger partial charge is 0.327 e. The molecule has 19 heavy (non-hydrogen) atoms. The SMILES string of the molecule is O=C(O)C1CNCCN1c1cccc(F)c1[N+](=O)[O-]. The van der Waals surface area contributed by atoms with Gasteiger partial charge >= 0.3 is 11.7 Å². The van der Waals surface area contributed by atoms with Gasteiger partial charge in [0.05, 0.1) is 4.92 Å². The Labute approximate surface area is 107 Å². The van der Waals surface area contributed by atoms with Crippen LogP contribution in [0.3, 0.4) is 0 Å². The van der Waals surface area contributed by atoms with Crippen molar-refractivity contribution in [1.29, 1.82) is 0 Å². The van der Waals surface area contributed by atoms with Crippen LogP contribution in [0.2, 0.25) is 0 Å². The Hall–Kier alpha value is -2.22. The standard InChI is InChI=1S/C11H12FN3O4/c12-7-2-1-3-8(10(7)15(18)19)14-5-4-13-6-9(14)11(16)17/h1-3,9,13H,4-6H2,(H,16,17). The van der Waals surface area contributed by atoms with Crippen LogP contribution in [0.1, 0.15) is 0 Å². The number of nitro benzene ring substituents is 1. The monoisotopic (exact) mass is 269 g/mol. The fourth-order valence-electron chi connectivity index (χ4n) is 2.13. The van der Waals surface area contributed by atoms with E-state index in [9.17, 15) is 19.3 Å². The molecule has 0 aromatic heterocycles. The van der Waals surface area contributed by atoms with Gasteiger partial charge in [0.2, 0.25) is 5.82 Å². The predicted octanol–water partition coefficient (Wildman–Crippen LogP) is 0.597. The molecule has 1 fully saturated rings. The van der Waals surface area contributed by atoms with Crippen LogP contribution in [0.15, 0.2) is 18.2 Å². The van der Waals surface area contributed by atoms with E-state index in [0.29, 0.717) is 6.54 Å². The number of rotatable bonds is 3. The number of nitrogens with zero attached hydrogens (tertiary/aromatic N) is 2. The number of aliphatic carboxylic acids is 1. The third-order valence-corrected chi connectivity index (χ3v) is 2.99. The molecule has 0 aliphatic carbocycles. The van der Waals surface area contributed by atoms with Gasteiger partial charge in [0.25, 0.3) is 0 Å². The summed E-state index contributed by atoms with van der Waals surface area (Å²) in [4.78, 5) is 22.6. The molecule has 1 atom stereocenters. The van der Waals surface area contributed by atoms with Gasteiger partial charge in [-0.05, 0) is 12.1 Å². The number of anilines is 1. The summed E-state index contributed by atoms with van der Waals surface area (Å²) in [6.07, 6.45) is 0. The lowest BCUT2D eigenvalue weighted by Gasteiger charge is -2.34. The van der Waals surface area contributed by atoms with Gasteiger partial charge < -0.3 is 15.3 Å². The number of halogens is 1. The Bertz CT molecular complexity index is 523. The van der Waals surface area contributed by atoms with Gasteiger partial charge in [-0.1, -0.05) is 6.07 Å². The number of hydrogen-bond donors (Lipinski definition) is 2. The Morgan fingerprint density at radius 2 is 2.32 bits per heavy atom. The van der Waals surface area contributed by atoms with Crippen LogP contribution < -0.4 is 10.2 Å². The molecule has 2 N–H and O–H groups in total. The minimum absolute atomic E-state index is 0.00102. The minimum atomic E-state index is -1.11. The van der Waals surface area contributed by atoms with Crippen LogP contribution >= 0.6 is 0 Å². The molecule has 1 aromatic rings. The van der Waals surface area contributed by atoms with Crippen molar-refractivity contribution in [3.8, 4) is 0 Å². The van der Waals surface area contributed by atoms with Crippen LogP contribution in [-0.4, -0.2) is 41.7 Å². The highest BCUT2D eigenvalue weighted by molar-refractivity contribution is 5.81. The first-order valence-corrected chi connectivity index (χ1v) is 5.65. The first-order chi connectivity index (χ1) is 9.02. The van der Waals surface area contributed by atoms with Crippen LogP contribution in [0.25, 0.3) is 0 Å². The number of piperazine rings is 1. The van der Waals surface area contributed by atoms with Gasteiger partial charge in [-0.15, -0.1) is 0 Å². The molecule has 1 saturated heterocycles. The third kappa shape index (κ3) is 2.48. The quantitative estimate of drug-likeness (QED) is 0.616. The summed E-state index contributed by atoms with van der Waals surface area (Å²) in [5.74, 6) is -2.07. The average Bonchev–Trinajstić information content (AvgIpc) is 2.37. The zero-order chi connectivity index (χ0) is 14.0. The molecule has 8 heteroatoms. The number of carboxylic acids is 1. The Kier molecular flexibility index (Phi) is 3.61. The van der Waals surface area contributed by atoms with E-state index >= 15 is 0 Å². The summed E-state index contributed by atoms with van der Waals surface area (Å²) in [6.45, 7) is 0.904. The number of carboxylic acid groups (broad SMARTS) is 1. The molecule has 0 saturated carbocycles. The van der Waals surface area contributed by atoms with Gasteiger partial charge in [-0.25, -0.2) is 4.79 Å². The highest BCUT2D eigenvalue weighted by Crippen LogP contribution is 2.32. The largest absolute Gasteiger partial charge is 0.480 e. The maximum Gasteiger partial charge on any atom is 0.327 e. The summed E-state index contributed by atoms with van der Waals surface area (Å²) in [7, 11) is 0. The van der Waals surface area contributed by atoms with Crippen molar-refractivity contribution in [3.63, 3.8) is 0 Å². The number of benzene rings is 1. The minimum Gasteiger partial charge on any atom is -0.480 e. The zero-order valence-electron chi connectivity index (χ0n) is 9.88. The summed E-state index contributed by atoms with van der Waals surface area (Å²) < 4.78 is 13.6. The lowest BCUT2D eigenvalue weighted by atomic mass is 10.1. The van der Waals surface area contributed by atoms with Crippen molar-refractivity contribution in [1.82, 2.24) is 5.32 Å². The zero-order valence-corrected chi connectivity index (χ0v) is 9.88. The molecule has 1 aliphatic rings. The highest BCUT2D eigenvalue weighted by atomic mass is 19.1. The molecule has 1 unspecified atom stereocenters. The van der Waals surface area contributed by atoms with E-state index in [0.717, 1.165) is 6.07 Å². The van der Waals surface area contributed by atoms with Gasteiger partial charge in [-0.2, -0.15) is 4.39 Å². The maximum atomic E-state index is 13.6. The van der Waals surface area contributed by atoms with Crippen LogP contribution in [-0.2, 0) is 4.79 Å². The predicted molar refractivity (Wildman–Crippen MR) is 64.7 cm³/mol. The Morgan fingerprint density at radius 3 is 2.95 bits per heavy atom. The molecular weight excluding hydrogens is 257 g/mol. The molecule has 0 spiro atoms. The van der Waals surface area contributed by atoms with E-state index in [1.165, 1.54) is 17.0 Å². The fraction of sp³-hybridized carbons (Fsp3) is 0.364. The summed E-state index contributed by atoms with van der Waals surface area (Å²) in [6, 6.07) is 2.73. The molecule has 7 nitrogen and oxygen atoms in total. The first-order valence-electron chi connectivity index (χ1n) is 5.65. The van der Waals surface area contributed by atoms with Crippen LogP contribution in [0, 0.1) is 15.9 Å². The third-order valence-electron chi connectivity index (χ3n) is 2.99. The first kappa shape index (κ1) is 13.2. The van der Waals surface area contributed by atoms with E-state index in [-0.39, 0.29) is 18.8 Å². The Morgan fingerprint density at radius 1 is 1.58 bits per heavy atom. The number of nitrogens with one attached hydrogen (secondary N) is 1. The molecule has 1 aromatic carbocycles. The number of para-hydroxylation sites is 1. The molecule has 102 valence electrons. The van der Waals surface area contributed by atoms with Crippen molar-refractivity contribution in [2.24, 2.45) is 0 Å². The molecular formula is C11H12FN3O4. The second kappa shape index (κ2) is 5.19. The van der Waals surface area contributed by atoms with Crippen molar-refractivity contribution in [2.45, 2.75) is 6.04 Å². The molecule has 0 bridgehead atoms. The van der Waals surface area contributed by atoms with E-state index < -0.39 is 28.4 Å². The molecule has 0 amide bonds. The second-order valence-corrected chi connectivity index (χ2v) is 4.12. The summed E-state index contributed by atoms with van der Waals surface area (Å²) >= 11 is 0. The van der Waals surface area contributed by atoms with Crippen molar-refractivity contribution in [3.05, 3.63) is 34.1 Å². The second-order valence-electron chi connectivity index (χ2n) is 4.12. The fourth-order valence-corrected chi connectivity index (χ4v) is 2.13. The maximum absolute atomic E-state index is 13.6. The number of carbonyl (C=O) groups is 1.